The molecule has 200 valence electrons. The number of hydrogen-bond acceptors (Lipinski definition) is 5. The second kappa shape index (κ2) is 12.7. The molecule has 0 amide bonds. The first-order chi connectivity index (χ1) is 14.7. The summed E-state index contributed by atoms with van der Waals surface area (Å²) >= 11 is 0. The van der Waals surface area contributed by atoms with Crippen molar-refractivity contribution in [2.75, 3.05) is 19.8 Å². The topological polar surface area (TPSA) is 79.7 Å². The molecule has 33 heavy (non-hydrogen) atoms. The summed E-state index contributed by atoms with van der Waals surface area (Å²) in [6.07, 6.45) is 6.76. The van der Waals surface area contributed by atoms with Crippen LogP contribution in [0.25, 0.3) is 0 Å². The summed E-state index contributed by atoms with van der Waals surface area (Å²) in [7, 11) is 0. The van der Waals surface area contributed by atoms with Gasteiger partial charge in [0.05, 0.1) is 16.8 Å². The second-order valence-corrected chi connectivity index (χ2v) is 13.7. The van der Waals surface area contributed by atoms with Crippen molar-refractivity contribution >= 4 is 0 Å². The number of ether oxygens (including phenoxy) is 3. The summed E-state index contributed by atoms with van der Waals surface area (Å²) < 4.78 is 19.1. The molecule has 0 saturated heterocycles. The Morgan fingerprint density at radius 2 is 0.848 bits per heavy atom. The summed E-state index contributed by atoms with van der Waals surface area (Å²) in [6, 6.07) is 0. The zero-order valence-corrected chi connectivity index (χ0v) is 24.5. The smallest absolute Gasteiger partial charge is 0.0631 e. The molecule has 0 unspecified atom stereocenters. The maximum absolute atomic E-state index is 6.44. The van der Waals surface area contributed by atoms with Gasteiger partial charge in [0.1, 0.15) is 0 Å². The van der Waals surface area contributed by atoms with Gasteiger partial charge in [-0.15, -0.1) is 0 Å². The van der Waals surface area contributed by atoms with Crippen molar-refractivity contribution in [1.29, 1.82) is 0 Å². The van der Waals surface area contributed by atoms with Crippen LogP contribution in [0, 0.1) is 5.41 Å². The lowest BCUT2D eigenvalue weighted by Gasteiger charge is -2.48. The molecule has 0 atom stereocenters. The largest absolute Gasteiger partial charge is 0.376 e. The fourth-order valence-electron chi connectivity index (χ4n) is 5.42. The minimum atomic E-state index is -0.266. The number of rotatable bonds is 18. The van der Waals surface area contributed by atoms with Crippen LogP contribution in [0.2, 0.25) is 0 Å². The fraction of sp³-hybridized carbons (Fsp3) is 1.00. The third-order valence-corrected chi connectivity index (χ3v) is 6.20. The standard InChI is InChI=1S/C28H60N2O3/c1-13-15-28(20-25(7,8)31-14-2,21-26(9,10)32-18-16-23(3,4)29)22-27(11,12)33-19-17-24(5,6)30/h13-22,29-30H2,1-12H3. The highest BCUT2D eigenvalue weighted by Gasteiger charge is 2.44. The molecule has 5 nitrogen and oxygen atoms in total. The van der Waals surface area contributed by atoms with Crippen LogP contribution < -0.4 is 11.5 Å². The predicted octanol–water partition coefficient (Wildman–Crippen LogP) is 6.60. The SMILES string of the molecule is CCCC(CC(C)(C)OCC)(CC(C)(C)OCCC(C)(C)N)CC(C)(C)OCCC(C)(C)N. The minimum absolute atomic E-state index is 0.0247. The molecule has 0 radical (unpaired) electrons. The molecule has 0 aliphatic carbocycles. The van der Waals surface area contributed by atoms with Gasteiger partial charge in [0.2, 0.25) is 0 Å². The highest BCUT2D eigenvalue weighted by atomic mass is 16.5. The van der Waals surface area contributed by atoms with Crippen LogP contribution in [-0.4, -0.2) is 47.7 Å². The van der Waals surface area contributed by atoms with Crippen molar-refractivity contribution in [3.05, 3.63) is 0 Å². The van der Waals surface area contributed by atoms with Gasteiger partial charge in [-0.05, 0) is 120 Å². The van der Waals surface area contributed by atoms with Crippen molar-refractivity contribution < 1.29 is 14.2 Å². The van der Waals surface area contributed by atoms with Crippen LogP contribution in [0.1, 0.15) is 128 Å². The Balaban J connectivity index is 5.78. The van der Waals surface area contributed by atoms with Crippen molar-refractivity contribution in [3.63, 3.8) is 0 Å². The van der Waals surface area contributed by atoms with Gasteiger partial charge in [0.15, 0.2) is 0 Å². The van der Waals surface area contributed by atoms with Gasteiger partial charge < -0.3 is 25.7 Å². The Bertz CT molecular complexity index is 508. The Hall–Kier alpha value is -0.200. The molecule has 0 fully saturated rings. The first-order valence-corrected chi connectivity index (χ1v) is 13.2. The van der Waals surface area contributed by atoms with E-state index in [0.29, 0.717) is 19.8 Å². The number of nitrogens with two attached hydrogens (primary N) is 2. The fourth-order valence-corrected chi connectivity index (χ4v) is 5.42. The molecule has 0 rings (SSSR count). The first kappa shape index (κ1) is 32.8. The van der Waals surface area contributed by atoms with E-state index in [9.17, 15) is 0 Å². The van der Waals surface area contributed by atoms with E-state index in [4.69, 9.17) is 25.7 Å². The predicted molar refractivity (Wildman–Crippen MR) is 143 cm³/mol. The molecule has 0 aromatic heterocycles. The molecule has 0 aliphatic heterocycles. The van der Waals surface area contributed by atoms with E-state index >= 15 is 0 Å². The lowest BCUT2D eigenvalue weighted by Crippen LogP contribution is -2.45. The summed E-state index contributed by atoms with van der Waals surface area (Å²) in [4.78, 5) is 0. The average Bonchev–Trinajstić information content (AvgIpc) is 2.49. The summed E-state index contributed by atoms with van der Waals surface area (Å²) in [5, 5.41) is 0. The average molecular weight is 473 g/mol. The minimum Gasteiger partial charge on any atom is -0.376 e. The van der Waals surface area contributed by atoms with Gasteiger partial charge in [-0.3, -0.25) is 0 Å². The van der Waals surface area contributed by atoms with Crippen molar-refractivity contribution in [2.24, 2.45) is 16.9 Å². The third-order valence-electron chi connectivity index (χ3n) is 6.20. The molecular formula is C28H60N2O3. The quantitative estimate of drug-likeness (QED) is 0.235. The Kier molecular flexibility index (Phi) is 12.6. The second-order valence-electron chi connectivity index (χ2n) is 13.7. The van der Waals surface area contributed by atoms with E-state index in [1.807, 2.05) is 0 Å². The van der Waals surface area contributed by atoms with Crippen molar-refractivity contribution in [1.82, 2.24) is 0 Å². The summed E-state index contributed by atoms with van der Waals surface area (Å²) in [5.74, 6) is 0. The van der Waals surface area contributed by atoms with Gasteiger partial charge >= 0.3 is 0 Å². The molecule has 0 aromatic carbocycles. The third kappa shape index (κ3) is 16.2. The van der Waals surface area contributed by atoms with Crippen LogP contribution >= 0.6 is 0 Å². The van der Waals surface area contributed by atoms with E-state index in [-0.39, 0.29) is 33.3 Å². The monoisotopic (exact) mass is 472 g/mol. The zero-order valence-electron chi connectivity index (χ0n) is 24.5. The first-order valence-electron chi connectivity index (χ1n) is 13.2. The van der Waals surface area contributed by atoms with Gasteiger partial charge in [-0.1, -0.05) is 13.3 Å². The highest BCUT2D eigenvalue weighted by molar-refractivity contribution is 4.95. The van der Waals surface area contributed by atoms with E-state index in [2.05, 4.69) is 83.1 Å². The molecule has 0 bridgehead atoms. The molecule has 5 heteroatoms. The summed E-state index contributed by atoms with van der Waals surface area (Å²) in [6.45, 7) is 27.9. The highest BCUT2D eigenvalue weighted by Crippen LogP contribution is 2.48. The Morgan fingerprint density at radius 1 is 0.515 bits per heavy atom. The lowest BCUT2D eigenvalue weighted by molar-refractivity contribution is -0.121. The summed E-state index contributed by atoms with van der Waals surface area (Å²) in [5.41, 5.74) is 11.2. The zero-order chi connectivity index (χ0) is 26.2. The molecular weight excluding hydrogens is 412 g/mol. The maximum atomic E-state index is 6.44. The van der Waals surface area contributed by atoms with Crippen LogP contribution in [0.4, 0.5) is 0 Å². The van der Waals surface area contributed by atoms with Gasteiger partial charge in [-0.25, -0.2) is 0 Å². The Morgan fingerprint density at radius 3 is 1.12 bits per heavy atom. The van der Waals surface area contributed by atoms with Crippen LogP contribution in [0.15, 0.2) is 0 Å². The Labute approximate surface area is 207 Å². The van der Waals surface area contributed by atoms with Gasteiger partial charge in [0.25, 0.3) is 0 Å². The van der Waals surface area contributed by atoms with Crippen LogP contribution in [0.3, 0.4) is 0 Å². The number of hydrogen-bond donors (Lipinski definition) is 2. The lowest BCUT2D eigenvalue weighted by atomic mass is 9.64. The van der Waals surface area contributed by atoms with E-state index in [0.717, 1.165) is 44.9 Å². The van der Waals surface area contributed by atoms with Crippen molar-refractivity contribution in [2.45, 2.75) is 156 Å². The molecule has 4 N–H and O–H groups in total. The molecule has 0 aliphatic rings. The van der Waals surface area contributed by atoms with Crippen LogP contribution in [-0.2, 0) is 14.2 Å². The molecule has 0 heterocycles. The molecule has 0 spiro atoms. The molecule has 0 aromatic rings. The van der Waals surface area contributed by atoms with Gasteiger partial charge in [-0.2, -0.15) is 0 Å². The van der Waals surface area contributed by atoms with E-state index in [1.54, 1.807) is 0 Å². The van der Waals surface area contributed by atoms with Gasteiger partial charge in [0, 0.05) is 30.9 Å². The van der Waals surface area contributed by atoms with Crippen molar-refractivity contribution in [3.8, 4) is 0 Å². The maximum Gasteiger partial charge on any atom is 0.0631 e. The molecule has 0 saturated carbocycles. The van der Waals surface area contributed by atoms with E-state index < -0.39 is 0 Å². The van der Waals surface area contributed by atoms with E-state index in [1.165, 1.54) is 0 Å². The van der Waals surface area contributed by atoms with Crippen LogP contribution in [0.5, 0.6) is 0 Å². The normalized spacial score (nSPS) is 14.7.